The maximum absolute atomic E-state index is 13.1. The fourth-order valence-corrected chi connectivity index (χ4v) is 2.19. The lowest BCUT2D eigenvalue weighted by atomic mass is 10.1. The molecule has 1 atom stereocenters. The number of aliphatic hydroxyl groups is 1. The summed E-state index contributed by atoms with van der Waals surface area (Å²) < 4.78 is 39.4. The van der Waals surface area contributed by atoms with E-state index in [4.69, 9.17) is 0 Å². The quantitative estimate of drug-likeness (QED) is 0.910. The topological polar surface area (TPSA) is 56.1 Å². The SMILES string of the molecule is CC1=NN(C(=O)c2cccc(N(C)C)c2)[C@](O)(C(F)(F)F)C1. The predicted molar refractivity (Wildman–Crippen MR) is 75.7 cm³/mol. The van der Waals surface area contributed by atoms with Gasteiger partial charge in [0.2, 0.25) is 0 Å². The lowest BCUT2D eigenvalue weighted by Crippen LogP contribution is -2.56. The Balaban J connectivity index is 2.41. The van der Waals surface area contributed by atoms with Crippen molar-refractivity contribution in [3.05, 3.63) is 29.8 Å². The van der Waals surface area contributed by atoms with E-state index in [1.807, 2.05) is 0 Å². The summed E-state index contributed by atoms with van der Waals surface area (Å²) in [6.45, 7) is 1.33. The van der Waals surface area contributed by atoms with Crippen molar-refractivity contribution in [1.82, 2.24) is 5.01 Å². The minimum Gasteiger partial charge on any atom is -0.378 e. The molecule has 120 valence electrons. The van der Waals surface area contributed by atoms with Gasteiger partial charge in [-0.25, -0.2) is 0 Å². The summed E-state index contributed by atoms with van der Waals surface area (Å²) in [6.07, 6.45) is -5.75. The van der Waals surface area contributed by atoms with Gasteiger partial charge in [0, 0.05) is 37.5 Å². The molecule has 2 rings (SSSR count). The summed E-state index contributed by atoms with van der Waals surface area (Å²) in [5.74, 6) is -1.000. The van der Waals surface area contributed by atoms with Crippen LogP contribution in [0.3, 0.4) is 0 Å². The lowest BCUT2D eigenvalue weighted by molar-refractivity contribution is -0.297. The van der Waals surface area contributed by atoms with Crippen molar-refractivity contribution >= 4 is 17.3 Å². The standard InChI is InChI=1S/C14H16F3N3O2/c1-9-8-13(22,14(15,16)17)20(18-9)12(21)10-5-4-6-11(7-10)19(2)3/h4-7,22H,8H2,1-3H3/t13-/m1/s1. The Morgan fingerprint density at radius 1 is 1.41 bits per heavy atom. The fraction of sp³-hybridized carbons (Fsp3) is 0.429. The first kappa shape index (κ1) is 16.3. The van der Waals surface area contributed by atoms with Crippen molar-refractivity contribution in [2.45, 2.75) is 25.2 Å². The Bertz CT molecular complexity index is 628. The second-order valence-corrected chi connectivity index (χ2v) is 5.39. The number of alkyl halides is 3. The number of carbonyl (C=O) groups is 1. The summed E-state index contributed by atoms with van der Waals surface area (Å²) >= 11 is 0. The van der Waals surface area contributed by atoms with E-state index in [1.54, 1.807) is 31.1 Å². The van der Waals surface area contributed by atoms with E-state index in [2.05, 4.69) is 5.10 Å². The normalized spacial score (nSPS) is 21.8. The van der Waals surface area contributed by atoms with E-state index in [-0.39, 0.29) is 16.3 Å². The zero-order chi connectivity index (χ0) is 16.7. The second-order valence-electron chi connectivity index (χ2n) is 5.39. The number of hydrogen-bond acceptors (Lipinski definition) is 4. The molecular weight excluding hydrogens is 299 g/mol. The molecule has 1 heterocycles. The van der Waals surface area contributed by atoms with Crippen LogP contribution in [-0.2, 0) is 0 Å². The van der Waals surface area contributed by atoms with E-state index < -0.39 is 24.2 Å². The Hall–Kier alpha value is -2.09. The van der Waals surface area contributed by atoms with Crippen LogP contribution in [0.15, 0.2) is 29.4 Å². The molecule has 1 aromatic rings. The van der Waals surface area contributed by atoms with Crippen LogP contribution in [0.2, 0.25) is 0 Å². The molecule has 0 aromatic heterocycles. The molecular formula is C14H16F3N3O2. The maximum atomic E-state index is 13.1. The fourth-order valence-electron chi connectivity index (χ4n) is 2.19. The van der Waals surface area contributed by atoms with Crippen molar-refractivity contribution < 1.29 is 23.1 Å². The molecule has 22 heavy (non-hydrogen) atoms. The average Bonchev–Trinajstić information content (AvgIpc) is 2.74. The van der Waals surface area contributed by atoms with Crippen LogP contribution in [-0.4, -0.2) is 47.7 Å². The molecule has 0 fully saturated rings. The molecule has 0 spiro atoms. The number of hydrogen-bond donors (Lipinski definition) is 1. The number of halogens is 3. The van der Waals surface area contributed by atoms with Gasteiger partial charge in [0.15, 0.2) is 0 Å². The summed E-state index contributed by atoms with van der Waals surface area (Å²) in [6, 6.07) is 6.10. The Morgan fingerprint density at radius 3 is 2.59 bits per heavy atom. The van der Waals surface area contributed by atoms with Crippen LogP contribution in [0.5, 0.6) is 0 Å². The summed E-state index contributed by atoms with van der Waals surface area (Å²) in [5, 5.41) is 13.6. The Morgan fingerprint density at radius 2 is 2.05 bits per heavy atom. The highest BCUT2D eigenvalue weighted by Gasteiger charge is 2.62. The average molecular weight is 315 g/mol. The first-order chi connectivity index (χ1) is 10.1. The number of nitrogens with zero attached hydrogens (tertiary/aromatic N) is 3. The Labute approximate surface area is 125 Å². The molecule has 1 N–H and O–H groups in total. The van der Waals surface area contributed by atoms with Crippen LogP contribution in [0, 0.1) is 0 Å². The molecule has 0 radical (unpaired) electrons. The molecule has 0 aliphatic carbocycles. The number of carbonyl (C=O) groups excluding carboxylic acids is 1. The molecule has 1 aliphatic heterocycles. The molecule has 0 saturated carbocycles. The highest BCUT2D eigenvalue weighted by Crippen LogP contribution is 2.40. The first-order valence-corrected chi connectivity index (χ1v) is 6.51. The van der Waals surface area contributed by atoms with Gasteiger partial charge in [0.1, 0.15) is 0 Å². The minimum atomic E-state index is -5.00. The van der Waals surface area contributed by atoms with Gasteiger partial charge in [-0.05, 0) is 25.1 Å². The van der Waals surface area contributed by atoms with E-state index in [1.165, 1.54) is 19.1 Å². The Kier molecular flexibility index (Phi) is 3.90. The van der Waals surface area contributed by atoms with Gasteiger partial charge in [-0.2, -0.15) is 23.3 Å². The van der Waals surface area contributed by atoms with E-state index in [9.17, 15) is 23.1 Å². The number of amides is 1. The van der Waals surface area contributed by atoms with Crippen molar-refractivity contribution in [3.63, 3.8) is 0 Å². The first-order valence-electron chi connectivity index (χ1n) is 6.51. The predicted octanol–water partition coefficient (Wildman–Crippen LogP) is 2.23. The maximum Gasteiger partial charge on any atom is 0.438 e. The van der Waals surface area contributed by atoms with E-state index >= 15 is 0 Å². The monoisotopic (exact) mass is 315 g/mol. The summed E-state index contributed by atoms with van der Waals surface area (Å²) in [4.78, 5) is 14.1. The lowest BCUT2D eigenvalue weighted by Gasteiger charge is -2.32. The van der Waals surface area contributed by atoms with Crippen molar-refractivity contribution in [2.24, 2.45) is 5.10 Å². The molecule has 1 amide bonds. The number of rotatable bonds is 2. The van der Waals surface area contributed by atoms with Gasteiger partial charge >= 0.3 is 6.18 Å². The highest BCUT2D eigenvalue weighted by atomic mass is 19.4. The summed E-state index contributed by atoms with van der Waals surface area (Å²) in [5.41, 5.74) is -2.59. The third kappa shape index (κ3) is 2.66. The van der Waals surface area contributed by atoms with Gasteiger partial charge in [0.25, 0.3) is 11.6 Å². The van der Waals surface area contributed by atoms with Crippen LogP contribution in [0.4, 0.5) is 18.9 Å². The van der Waals surface area contributed by atoms with Crippen molar-refractivity contribution in [2.75, 3.05) is 19.0 Å². The number of anilines is 1. The molecule has 0 saturated heterocycles. The van der Waals surface area contributed by atoms with E-state index in [0.717, 1.165) is 0 Å². The van der Waals surface area contributed by atoms with E-state index in [0.29, 0.717) is 5.69 Å². The van der Waals surface area contributed by atoms with Gasteiger partial charge in [-0.3, -0.25) is 4.79 Å². The molecule has 8 heteroatoms. The highest BCUT2D eigenvalue weighted by molar-refractivity contribution is 5.98. The molecule has 0 bridgehead atoms. The van der Waals surface area contributed by atoms with Crippen molar-refractivity contribution in [1.29, 1.82) is 0 Å². The number of benzene rings is 1. The van der Waals surface area contributed by atoms with Gasteiger partial charge in [-0.1, -0.05) is 6.07 Å². The molecule has 0 unspecified atom stereocenters. The zero-order valence-electron chi connectivity index (χ0n) is 12.3. The zero-order valence-corrected chi connectivity index (χ0v) is 12.3. The molecule has 1 aliphatic rings. The van der Waals surface area contributed by atoms with Crippen LogP contribution >= 0.6 is 0 Å². The van der Waals surface area contributed by atoms with Crippen LogP contribution in [0.25, 0.3) is 0 Å². The van der Waals surface area contributed by atoms with Gasteiger partial charge in [-0.15, -0.1) is 0 Å². The third-order valence-corrected chi connectivity index (χ3v) is 3.38. The molecule has 1 aromatic carbocycles. The van der Waals surface area contributed by atoms with Crippen molar-refractivity contribution in [3.8, 4) is 0 Å². The van der Waals surface area contributed by atoms with Gasteiger partial charge in [0.05, 0.1) is 0 Å². The molecule has 5 nitrogen and oxygen atoms in total. The third-order valence-electron chi connectivity index (χ3n) is 3.38. The largest absolute Gasteiger partial charge is 0.438 e. The number of hydrazone groups is 1. The van der Waals surface area contributed by atoms with Crippen LogP contribution < -0.4 is 4.90 Å². The van der Waals surface area contributed by atoms with Gasteiger partial charge < -0.3 is 10.0 Å². The van der Waals surface area contributed by atoms with Crippen LogP contribution in [0.1, 0.15) is 23.7 Å². The summed E-state index contributed by atoms with van der Waals surface area (Å²) in [7, 11) is 3.49. The minimum absolute atomic E-state index is 0.0207. The second kappa shape index (κ2) is 5.28. The smallest absolute Gasteiger partial charge is 0.378 e.